The summed E-state index contributed by atoms with van der Waals surface area (Å²) in [5.41, 5.74) is -0.0522. The Kier molecular flexibility index (Phi) is 4.35. The van der Waals surface area contributed by atoms with Crippen molar-refractivity contribution in [1.29, 1.82) is 5.26 Å². The van der Waals surface area contributed by atoms with E-state index in [1.165, 1.54) is 12.8 Å². The smallest absolute Gasteiger partial charge is 0.247 e. The first kappa shape index (κ1) is 17.9. The molecule has 2 aromatic rings. The summed E-state index contributed by atoms with van der Waals surface area (Å²) in [6, 6.07) is 12.0. The molecule has 2 aliphatic heterocycles. The van der Waals surface area contributed by atoms with Crippen molar-refractivity contribution in [2.45, 2.75) is 32.1 Å². The van der Waals surface area contributed by atoms with Crippen molar-refractivity contribution in [1.82, 2.24) is 9.97 Å². The van der Waals surface area contributed by atoms with Gasteiger partial charge in [0, 0.05) is 37.6 Å². The topological polar surface area (TPSA) is 85.2 Å². The second-order valence-corrected chi connectivity index (χ2v) is 8.16. The fourth-order valence-electron chi connectivity index (χ4n) is 4.54. The Morgan fingerprint density at radius 2 is 1.97 bits per heavy atom. The lowest BCUT2D eigenvalue weighted by Crippen LogP contribution is -2.35. The predicted octanol–water partition coefficient (Wildman–Crippen LogP) is 3.48. The molecule has 1 saturated carbocycles. The minimum Gasteiger partial charge on any atom is -0.357 e. The fraction of sp³-hybridized carbons (Fsp3) is 0.455. The molecule has 4 heterocycles. The first-order valence-electron chi connectivity index (χ1n) is 10.4. The van der Waals surface area contributed by atoms with Crippen LogP contribution in [-0.2, 0) is 4.79 Å². The average Bonchev–Trinajstić information content (AvgIpc) is 3.34. The molecule has 29 heavy (non-hydrogen) atoms. The molecule has 0 unspecified atom stereocenters. The van der Waals surface area contributed by atoms with Gasteiger partial charge < -0.3 is 15.1 Å². The summed E-state index contributed by atoms with van der Waals surface area (Å²) in [5, 5.41) is 13.0. The molecule has 0 bridgehead atoms. The van der Waals surface area contributed by atoms with Gasteiger partial charge in [0.05, 0.1) is 6.07 Å². The van der Waals surface area contributed by atoms with Crippen molar-refractivity contribution in [3.05, 3.63) is 36.5 Å². The van der Waals surface area contributed by atoms with Crippen molar-refractivity contribution < 1.29 is 4.79 Å². The van der Waals surface area contributed by atoms with Crippen LogP contribution in [0.2, 0.25) is 0 Å². The molecule has 5 rings (SSSR count). The Hall–Kier alpha value is -3.14. The van der Waals surface area contributed by atoms with Crippen LogP contribution in [0.4, 0.5) is 23.1 Å². The van der Waals surface area contributed by atoms with Gasteiger partial charge in [0.15, 0.2) is 0 Å². The summed E-state index contributed by atoms with van der Waals surface area (Å²) >= 11 is 0. The quantitative estimate of drug-likeness (QED) is 0.844. The zero-order chi connectivity index (χ0) is 19.8. The van der Waals surface area contributed by atoms with Crippen LogP contribution < -0.4 is 15.1 Å². The highest BCUT2D eigenvalue weighted by Crippen LogP contribution is 2.51. The number of pyridine rings is 2. The Labute approximate surface area is 170 Å². The molecule has 0 aromatic carbocycles. The summed E-state index contributed by atoms with van der Waals surface area (Å²) in [5.74, 6) is 2.51. The standard InChI is InChI=1S/C22H24N6O/c23-15-22(16-6-7-16)9-13-28(21(22)29)17-8-10-24-19(14-17)25-18-4-3-5-20(26-18)27-11-1-2-12-27/h3-5,8,10,14,16H,1-2,6-7,9,11-13H2,(H,24,25,26)/t22-/m1/s1. The highest BCUT2D eigenvalue weighted by molar-refractivity contribution is 6.02. The number of nitrogens with zero attached hydrogens (tertiary/aromatic N) is 5. The van der Waals surface area contributed by atoms with Crippen LogP contribution in [0.5, 0.6) is 0 Å². The van der Waals surface area contributed by atoms with E-state index in [0.717, 1.165) is 43.3 Å². The van der Waals surface area contributed by atoms with Crippen LogP contribution in [0.1, 0.15) is 32.1 Å². The van der Waals surface area contributed by atoms with Gasteiger partial charge >= 0.3 is 0 Å². The number of rotatable bonds is 5. The summed E-state index contributed by atoms with van der Waals surface area (Å²) < 4.78 is 0. The van der Waals surface area contributed by atoms with Crippen molar-refractivity contribution >= 4 is 29.0 Å². The number of hydrogen-bond donors (Lipinski definition) is 1. The van der Waals surface area contributed by atoms with E-state index in [2.05, 4.69) is 21.3 Å². The molecule has 7 heteroatoms. The predicted molar refractivity (Wildman–Crippen MR) is 111 cm³/mol. The van der Waals surface area contributed by atoms with Crippen LogP contribution in [-0.4, -0.2) is 35.5 Å². The number of nitrogens with one attached hydrogen (secondary N) is 1. The second-order valence-electron chi connectivity index (χ2n) is 8.16. The Morgan fingerprint density at radius 3 is 2.72 bits per heavy atom. The molecular formula is C22H24N6O. The van der Waals surface area contributed by atoms with E-state index in [0.29, 0.717) is 18.8 Å². The van der Waals surface area contributed by atoms with Gasteiger partial charge in [0.2, 0.25) is 5.91 Å². The molecule has 0 radical (unpaired) electrons. The molecular weight excluding hydrogens is 364 g/mol. The van der Waals surface area contributed by atoms with E-state index in [1.807, 2.05) is 30.3 Å². The molecule has 148 valence electrons. The molecule has 0 spiro atoms. The van der Waals surface area contributed by atoms with Gasteiger partial charge in [-0.3, -0.25) is 4.79 Å². The number of carbonyl (C=O) groups is 1. The average molecular weight is 388 g/mol. The number of anilines is 4. The number of aromatic nitrogens is 2. The third-order valence-corrected chi connectivity index (χ3v) is 6.31. The normalized spacial score (nSPS) is 24.0. The molecule has 7 nitrogen and oxygen atoms in total. The lowest BCUT2D eigenvalue weighted by molar-refractivity contribution is -0.123. The monoisotopic (exact) mass is 388 g/mol. The van der Waals surface area contributed by atoms with Crippen molar-refractivity contribution in [3.8, 4) is 6.07 Å². The largest absolute Gasteiger partial charge is 0.357 e. The van der Waals surface area contributed by atoms with E-state index >= 15 is 0 Å². The van der Waals surface area contributed by atoms with Gasteiger partial charge in [0.25, 0.3) is 0 Å². The van der Waals surface area contributed by atoms with Gasteiger partial charge in [-0.1, -0.05) is 6.07 Å². The van der Waals surface area contributed by atoms with Crippen molar-refractivity contribution in [3.63, 3.8) is 0 Å². The zero-order valence-electron chi connectivity index (χ0n) is 16.3. The number of amides is 1. The van der Waals surface area contributed by atoms with E-state index in [4.69, 9.17) is 4.98 Å². The molecule has 1 N–H and O–H groups in total. The molecule has 2 aromatic heterocycles. The van der Waals surface area contributed by atoms with Gasteiger partial charge in [-0.2, -0.15) is 5.26 Å². The van der Waals surface area contributed by atoms with E-state index < -0.39 is 5.41 Å². The maximum atomic E-state index is 13.0. The molecule has 1 atom stereocenters. The molecule has 2 saturated heterocycles. The zero-order valence-corrected chi connectivity index (χ0v) is 16.3. The van der Waals surface area contributed by atoms with Crippen LogP contribution in [0, 0.1) is 22.7 Å². The summed E-state index contributed by atoms with van der Waals surface area (Å²) in [6.07, 6.45) is 6.68. The summed E-state index contributed by atoms with van der Waals surface area (Å²) in [4.78, 5) is 26.2. The van der Waals surface area contributed by atoms with Gasteiger partial charge in [-0.15, -0.1) is 0 Å². The second kappa shape index (κ2) is 7.03. The van der Waals surface area contributed by atoms with Crippen LogP contribution >= 0.6 is 0 Å². The van der Waals surface area contributed by atoms with Gasteiger partial charge in [0.1, 0.15) is 22.9 Å². The summed E-state index contributed by atoms with van der Waals surface area (Å²) in [7, 11) is 0. The van der Waals surface area contributed by atoms with Crippen LogP contribution in [0.15, 0.2) is 36.5 Å². The van der Waals surface area contributed by atoms with E-state index in [-0.39, 0.29) is 11.8 Å². The van der Waals surface area contributed by atoms with E-state index in [9.17, 15) is 10.1 Å². The highest BCUT2D eigenvalue weighted by Gasteiger charge is 2.56. The van der Waals surface area contributed by atoms with Crippen molar-refractivity contribution in [2.75, 3.05) is 34.8 Å². The maximum Gasteiger partial charge on any atom is 0.247 e. The molecule has 1 aliphatic carbocycles. The van der Waals surface area contributed by atoms with Crippen molar-refractivity contribution in [2.24, 2.45) is 11.3 Å². The maximum absolute atomic E-state index is 13.0. The SMILES string of the molecule is N#C[C@@]1(C2CC2)CCN(c2ccnc(Nc3cccc(N4CCCC4)n3)c2)C1=O. The fourth-order valence-corrected chi connectivity index (χ4v) is 4.54. The summed E-state index contributed by atoms with van der Waals surface area (Å²) in [6.45, 7) is 2.67. The first-order chi connectivity index (χ1) is 14.2. The number of nitriles is 1. The van der Waals surface area contributed by atoms with Gasteiger partial charge in [-0.05, 0) is 56.2 Å². The minimum absolute atomic E-state index is 0.0613. The van der Waals surface area contributed by atoms with Crippen LogP contribution in [0.3, 0.4) is 0 Å². The molecule has 3 fully saturated rings. The Balaban J connectivity index is 1.35. The third-order valence-electron chi connectivity index (χ3n) is 6.31. The lowest BCUT2D eigenvalue weighted by atomic mass is 9.83. The lowest BCUT2D eigenvalue weighted by Gasteiger charge is -2.21. The Morgan fingerprint density at radius 1 is 1.14 bits per heavy atom. The number of hydrogen-bond acceptors (Lipinski definition) is 6. The highest BCUT2D eigenvalue weighted by atomic mass is 16.2. The molecule has 1 amide bonds. The Bertz CT molecular complexity index is 975. The van der Waals surface area contributed by atoms with Crippen LogP contribution in [0.25, 0.3) is 0 Å². The molecule has 3 aliphatic rings. The first-order valence-corrected chi connectivity index (χ1v) is 10.4. The van der Waals surface area contributed by atoms with Gasteiger partial charge in [-0.25, -0.2) is 9.97 Å². The minimum atomic E-state index is -0.831. The van der Waals surface area contributed by atoms with E-state index in [1.54, 1.807) is 11.1 Å². The third kappa shape index (κ3) is 3.19. The number of carbonyl (C=O) groups excluding carboxylic acids is 1.